The highest BCUT2D eigenvalue weighted by Gasteiger charge is 2.21. The zero-order valence-corrected chi connectivity index (χ0v) is 15.7. The molecule has 3 aromatic rings. The van der Waals surface area contributed by atoms with Gasteiger partial charge in [0.25, 0.3) is 0 Å². The van der Waals surface area contributed by atoms with Crippen molar-refractivity contribution in [2.24, 2.45) is 7.05 Å². The molecule has 0 aliphatic rings. The number of carbonyl (C=O) groups is 1. The van der Waals surface area contributed by atoms with Gasteiger partial charge in [0.05, 0.1) is 7.11 Å². The maximum Gasteiger partial charge on any atom is 0.226 e. The van der Waals surface area contributed by atoms with Crippen molar-refractivity contribution < 1.29 is 14.1 Å². The molecule has 1 unspecified atom stereocenters. The van der Waals surface area contributed by atoms with Gasteiger partial charge in [-0.25, -0.2) is 4.98 Å². The zero-order valence-electron chi connectivity index (χ0n) is 15.7. The average Bonchev–Trinajstić information content (AvgIpc) is 3.28. The molecule has 2 aromatic heterocycles. The van der Waals surface area contributed by atoms with Gasteiger partial charge in [0.1, 0.15) is 17.6 Å². The lowest BCUT2D eigenvalue weighted by atomic mass is 10.0. The van der Waals surface area contributed by atoms with E-state index in [1.807, 2.05) is 42.1 Å². The number of benzene rings is 1. The van der Waals surface area contributed by atoms with E-state index in [2.05, 4.69) is 20.4 Å². The minimum absolute atomic E-state index is 0.0675. The summed E-state index contributed by atoms with van der Waals surface area (Å²) in [5.74, 6) is 2.56. The molecule has 0 aliphatic heterocycles. The quantitative estimate of drug-likeness (QED) is 0.655. The lowest BCUT2D eigenvalue weighted by molar-refractivity contribution is -0.121. The Morgan fingerprint density at radius 2 is 2.26 bits per heavy atom. The molecule has 8 heteroatoms. The number of nitrogens with one attached hydrogen (secondary N) is 1. The van der Waals surface area contributed by atoms with E-state index in [4.69, 9.17) is 9.26 Å². The SMILES string of the molecule is COc1cccc(C(NC(=O)CCCc2nc(C)no2)c2nccn2C)c1. The second kappa shape index (κ2) is 8.48. The smallest absolute Gasteiger partial charge is 0.226 e. The first kappa shape index (κ1) is 18.6. The van der Waals surface area contributed by atoms with Gasteiger partial charge in [-0.1, -0.05) is 17.3 Å². The molecule has 0 radical (unpaired) electrons. The van der Waals surface area contributed by atoms with Crippen LogP contribution in [0.5, 0.6) is 5.75 Å². The molecule has 1 aromatic carbocycles. The largest absolute Gasteiger partial charge is 0.497 e. The topological polar surface area (TPSA) is 95.1 Å². The maximum atomic E-state index is 12.5. The first-order valence-electron chi connectivity index (χ1n) is 8.76. The highest BCUT2D eigenvalue weighted by atomic mass is 16.5. The maximum absolute atomic E-state index is 12.5. The van der Waals surface area contributed by atoms with Gasteiger partial charge < -0.3 is 19.1 Å². The molecular weight excluding hydrogens is 346 g/mol. The molecule has 0 saturated heterocycles. The number of ether oxygens (including phenoxy) is 1. The van der Waals surface area contributed by atoms with E-state index in [0.717, 1.165) is 17.1 Å². The molecule has 1 N–H and O–H groups in total. The van der Waals surface area contributed by atoms with E-state index in [0.29, 0.717) is 31.0 Å². The van der Waals surface area contributed by atoms with Crippen LogP contribution in [-0.4, -0.2) is 32.7 Å². The molecule has 3 rings (SSSR count). The number of hydrogen-bond acceptors (Lipinski definition) is 6. The Morgan fingerprint density at radius 1 is 1.41 bits per heavy atom. The summed E-state index contributed by atoms with van der Waals surface area (Å²) in [5.41, 5.74) is 0.907. The van der Waals surface area contributed by atoms with Gasteiger partial charge >= 0.3 is 0 Å². The van der Waals surface area contributed by atoms with Crippen LogP contribution in [0.2, 0.25) is 0 Å². The van der Waals surface area contributed by atoms with Crippen molar-refractivity contribution in [2.75, 3.05) is 7.11 Å². The summed E-state index contributed by atoms with van der Waals surface area (Å²) in [6.07, 6.45) is 5.12. The van der Waals surface area contributed by atoms with E-state index in [1.54, 1.807) is 20.2 Å². The minimum atomic E-state index is -0.363. The third-order valence-corrected chi connectivity index (χ3v) is 4.21. The van der Waals surface area contributed by atoms with Crippen molar-refractivity contribution in [2.45, 2.75) is 32.2 Å². The van der Waals surface area contributed by atoms with Crippen LogP contribution in [0.25, 0.3) is 0 Å². The van der Waals surface area contributed by atoms with Crippen LogP contribution in [-0.2, 0) is 18.3 Å². The Hall–Kier alpha value is -3.16. The summed E-state index contributed by atoms with van der Waals surface area (Å²) in [6.45, 7) is 1.77. The standard InChI is InChI=1S/C19H23N5O3/c1-13-21-17(27-23-13)9-5-8-16(25)22-18(19-20-10-11-24(19)2)14-6-4-7-15(12-14)26-3/h4,6-7,10-12,18H,5,8-9H2,1-3H3,(H,22,25). The fourth-order valence-electron chi connectivity index (χ4n) is 2.85. The van der Waals surface area contributed by atoms with Gasteiger partial charge in [0.2, 0.25) is 11.8 Å². The minimum Gasteiger partial charge on any atom is -0.497 e. The molecule has 2 heterocycles. The van der Waals surface area contributed by atoms with Crippen molar-refractivity contribution in [1.82, 2.24) is 25.0 Å². The van der Waals surface area contributed by atoms with Crippen LogP contribution in [0.15, 0.2) is 41.2 Å². The second-order valence-corrected chi connectivity index (χ2v) is 6.26. The van der Waals surface area contributed by atoms with E-state index < -0.39 is 0 Å². The van der Waals surface area contributed by atoms with Gasteiger partial charge in [-0.15, -0.1) is 0 Å². The fraction of sp³-hybridized carbons (Fsp3) is 0.368. The molecule has 0 fully saturated rings. The van der Waals surface area contributed by atoms with Gasteiger partial charge in [-0.2, -0.15) is 4.98 Å². The van der Waals surface area contributed by atoms with Crippen LogP contribution in [0.4, 0.5) is 0 Å². The lowest BCUT2D eigenvalue weighted by Crippen LogP contribution is -2.31. The number of hydrogen-bond donors (Lipinski definition) is 1. The van der Waals surface area contributed by atoms with Crippen molar-refractivity contribution in [3.05, 3.63) is 59.8 Å². The van der Waals surface area contributed by atoms with Crippen LogP contribution in [0, 0.1) is 6.92 Å². The van der Waals surface area contributed by atoms with Gasteiger partial charge in [-0.3, -0.25) is 4.79 Å². The number of rotatable bonds is 8. The van der Waals surface area contributed by atoms with E-state index in [-0.39, 0.29) is 11.9 Å². The Bertz CT molecular complexity index is 902. The van der Waals surface area contributed by atoms with E-state index in [9.17, 15) is 4.79 Å². The molecule has 0 aliphatic carbocycles. The monoisotopic (exact) mass is 369 g/mol. The van der Waals surface area contributed by atoms with Crippen LogP contribution < -0.4 is 10.1 Å². The van der Waals surface area contributed by atoms with Gasteiger partial charge in [0, 0.05) is 32.3 Å². The third-order valence-electron chi connectivity index (χ3n) is 4.21. The van der Waals surface area contributed by atoms with E-state index in [1.165, 1.54) is 0 Å². The average molecular weight is 369 g/mol. The van der Waals surface area contributed by atoms with Crippen LogP contribution >= 0.6 is 0 Å². The molecule has 142 valence electrons. The predicted molar refractivity (Wildman–Crippen MR) is 98.2 cm³/mol. The molecule has 8 nitrogen and oxygen atoms in total. The summed E-state index contributed by atoms with van der Waals surface area (Å²) in [5, 5.41) is 6.83. The highest BCUT2D eigenvalue weighted by molar-refractivity contribution is 5.76. The van der Waals surface area contributed by atoms with Crippen molar-refractivity contribution in [1.29, 1.82) is 0 Å². The molecule has 1 amide bonds. The van der Waals surface area contributed by atoms with Gasteiger partial charge in [0.15, 0.2) is 5.82 Å². The first-order valence-corrected chi connectivity index (χ1v) is 8.76. The Morgan fingerprint density at radius 3 is 2.93 bits per heavy atom. The normalized spacial score (nSPS) is 12.0. The zero-order chi connectivity index (χ0) is 19.2. The van der Waals surface area contributed by atoms with Gasteiger partial charge in [-0.05, 0) is 31.0 Å². The molecule has 0 spiro atoms. The number of amides is 1. The Labute approximate surface area is 157 Å². The fourth-order valence-corrected chi connectivity index (χ4v) is 2.85. The molecular formula is C19H23N5O3. The van der Waals surface area contributed by atoms with Crippen molar-refractivity contribution in [3.63, 3.8) is 0 Å². The van der Waals surface area contributed by atoms with Crippen molar-refractivity contribution >= 4 is 5.91 Å². The highest BCUT2D eigenvalue weighted by Crippen LogP contribution is 2.24. The van der Waals surface area contributed by atoms with Crippen LogP contribution in [0.1, 0.15) is 42.0 Å². The summed E-state index contributed by atoms with van der Waals surface area (Å²) in [7, 11) is 3.52. The molecule has 0 bridgehead atoms. The number of methoxy groups -OCH3 is 1. The van der Waals surface area contributed by atoms with Crippen molar-refractivity contribution in [3.8, 4) is 5.75 Å². The number of carbonyl (C=O) groups excluding carboxylic acids is 1. The second-order valence-electron chi connectivity index (χ2n) is 6.26. The molecule has 0 saturated carbocycles. The van der Waals surface area contributed by atoms with E-state index >= 15 is 0 Å². The Kier molecular flexibility index (Phi) is 5.85. The van der Waals surface area contributed by atoms with Crippen LogP contribution in [0.3, 0.4) is 0 Å². The molecule has 1 atom stereocenters. The number of aryl methyl sites for hydroxylation is 3. The third kappa shape index (κ3) is 4.72. The summed E-state index contributed by atoms with van der Waals surface area (Å²) < 4.78 is 12.3. The predicted octanol–water partition coefficient (Wildman–Crippen LogP) is 2.35. The summed E-state index contributed by atoms with van der Waals surface area (Å²) in [4.78, 5) is 21.1. The lowest BCUT2D eigenvalue weighted by Gasteiger charge is -2.19. The first-order chi connectivity index (χ1) is 13.1. The summed E-state index contributed by atoms with van der Waals surface area (Å²) in [6, 6.07) is 7.25. The Balaban J connectivity index is 1.69. The number of aromatic nitrogens is 4. The molecule has 27 heavy (non-hydrogen) atoms. The number of imidazole rings is 1. The summed E-state index contributed by atoms with van der Waals surface area (Å²) >= 11 is 0. The number of nitrogens with zero attached hydrogens (tertiary/aromatic N) is 4.